The molecule has 0 spiro atoms. The smallest absolute Gasteiger partial charge is 0.323 e. The van der Waals surface area contributed by atoms with E-state index in [-0.39, 0.29) is 23.3 Å². The van der Waals surface area contributed by atoms with Crippen LogP contribution in [-0.2, 0) is 0 Å². The summed E-state index contributed by atoms with van der Waals surface area (Å²) < 4.78 is 0. The van der Waals surface area contributed by atoms with Crippen LogP contribution in [0.4, 0.5) is 0 Å². The van der Waals surface area contributed by atoms with Gasteiger partial charge in [0.05, 0.1) is 0 Å². The highest BCUT2D eigenvalue weighted by Gasteiger charge is 2.18. The molecule has 2 rings (SSSR count). The zero-order chi connectivity index (χ0) is 9.97. The lowest BCUT2D eigenvalue weighted by molar-refractivity contribution is 0.0935. The van der Waals surface area contributed by atoms with Crippen molar-refractivity contribution >= 4 is 5.91 Å². The molecule has 1 amide bonds. The Morgan fingerprint density at radius 2 is 2.43 bits per heavy atom. The highest BCUT2D eigenvalue weighted by Crippen LogP contribution is 1.98. The van der Waals surface area contributed by atoms with Gasteiger partial charge in [-0.25, -0.2) is 4.79 Å². The fourth-order valence-corrected chi connectivity index (χ4v) is 1.50. The normalized spacial score (nSPS) is 21.0. The Hall–Kier alpha value is -1.56. The van der Waals surface area contributed by atoms with Gasteiger partial charge in [0.15, 0.2) is 0 Å². The number of aromatic amines is 2. The van der Waals surface area contributed by atoms with Crippen LogP contribution in [0.25, 0.3) is 0 Å². The number of H-pyrrole nitrogens is 2. The fraction of sp³-hybridized carbons (Fsp3) is 0.500. The average molecular weight is 196 g/mol. The molecule has 0 unspecified atom stereocenters. The first-order valence-electron chi connectivity index (χ1n) is 4.55. The Bertz CT molecular complexity index is 375. The predicted octanol–water partition coefficient (Wildman–Crippen LogP) is -1.21. The molecule has 1 aliphatic heterocycles. The lowest BCUT2D eigenvalue weighted by Gasteiger charge is -2.09. The summed E-state index contributed by atoms with van der Waals surface area (Å²) in [6.45, 7) is 1.72. The van der Waals surface area contributed by atoms with Crippen LogP contribution in [0.5, 0.6) is 0 Å². The molecule has 6 heteroatoms. The van der Waals surface area contributed by atoms with E-state index in [4.69, 9.17) is 0 Å². The molecule has 1 atom stereocenters. The molecule has 0 aromatic carbocycles. The zero-order valence-corrected chi connectivity index (χ0v) is 7.59. The minimum atomic E-state index is -0.361. The first-order valence-corrected chi connectivity index (χ1v) is 4.55. The van der Waals surface area contributed by atoms with Crippen LogP contribution in [0.1, 0.15) is 16.9 Å². The lowest BCUT2D eigenvalue weighted by atomic mass is 10.2. The van der Waals surface area contributed by atoms with E-state index >= 15 is 0 Å². The van der Waals surface area contributed by atoms with Crippen molar-refractivity contribution in [1.82, 2.24) is 20.6 Å². The highest BCUT2D eigenvalue weighted by atomic mass is 16.2. The van der Waals surface area contributed by atoms with Crippen molar-refractivity contribution in [3.8, 4) is 0 Å². The number of nitrogens with one attached hydrogen (secondary N) is 4. The first-order chi connectivity index (χ1) is 6.75. The molecule has 1 aromatic rings. The van der Waals surface area contributed by atoms with Crippen LogP contribution in [0.2, 0.25) is 0 Å². The monoisotopic (exact) mass is 196 g/mol. The second-order valence-corrected chi connectivity index (χ2v) is 3.32. The largest absolute Gasteiger partial charge is 0.347 e. The summed E-state index contributed by atoms with van der Waals surface area (Å²) in [6, 6.07) is 0.168. The molecule has 0 aliphatic carbocycles. The highest BCUT2D eigenvalue weighted by molar-refractivity contribution is 5.92. The van der Waals surface area contributed by atoms with Crippen LogP contribution < -0.4 is 16.3 Å². The van der Waals surface area contributed by atoms with E-state index in [9.17, 15) is 9.59 Å². The molecule has 1 aliphatic rings. The fourth-order valence-electron chi connectivity index (χ4n) is 1.50. The summed E-state index contributed by atoms with van der Waals surface area (Å²) >= 11 is 0. The minimum absolute atomic E-state index is 0.168. The van der Waals surface area contributed by atoms with Crippen LogP contribution in [0.3, 0.4) is 0 Å². The van der Waals surface area contributed by atoms with Gasteiger partial charge in [-0.1, -0.05) is 0 Å². The Balaban J connectivity index is 1.98. The van der Waals surface area contributed by atoms with Gasteiger partial charge in [-0.3, -0.25) is 4.79 Å². The SMILES string of the molecule is O=C(N[C@@H]1CCNC1)c1c[nH]c(=O)[nH]1. The molecule has 2 heterocycles. The minimum Gasteiger partial charge on any atom is -0.347 e. The molecule has 0 saturated carbocycles. The van der Waals surface area contributed by atoms with Crippen LogP contribution in [0, 0.1) is 0 Å². The second kappa shape index (κ2) is 3.67. The van der Waals surface area contributed by atoms with Crippen molar-refractivity contribution < 1.29 is 4.79 Å². The summed E-state index contributed by atoms with van der Waals surface area (Å²) in [6.07, 6.45) is 2.31. The number of rotatable bonds is 2. The maximum atomic E-state index is 11.5. The standard InChI is InChI=1S/C8H12N4O2/c13-7(6-4-10-8(14)12-6)11-5-1-2-9-3-5/h4-5,9H,1-3H2,(H,11,13)(H2,10,12,14)/t5-/m1/s1. The van der Waals surface area contributed by atoms with Gasteiger partial charge in [0, 0.05) is 18.8 Å². The zero-order valence-electron chi connectivity index (χ0n) is 7.59. The predicted molar refractivity (Wildman–Crippen MR) is 50.2 cm³/mol. The number of amides is 1. The van der Waals surface area contributed by atoms with Crippen molar-refractivity contribution in [3.63, 3.8) is 0 Å². The summed E-state index contributed by atoms with van der Waals surface area (Å²) in [4.78, 5) is 27.0. The van der Waals surface area contributed by atoms with E-state index < -0.39 is 0 Å². The first kappa shape index (κ1) is 9.01. The van der Waals surface area contributed by atoms with E-state index in [0.29, 0.717) is 0 Å². The van der Waals surface area contributed by atoms with Gasteiger partial charge < -0.3 is 20.6 Å². The van der Waals surface area contributed by atoms with E-state index in [2.05, 4.69) is 20.6 Å². The molecular weight excluding hydrogens is 184 g/mol. The topological polar surface area (TPSA) is 89.8 Å². The Morgan fingerprint density at radius 1 is 1.57 bits per heavy atom. The number of carbonyl (C=O) groups is 1. The quantitative estimate of drug-likeness (QED) is 0.478. The van der Waals surface area contributed by atoms with E-state index in [1.165, 1.54) is 6.20 Å². The van der Waals surface area contributed by atoms with Crippen LogP contribution in [0.15, 0.2) is 11.0 Å². The number of carbonyl (C=O) groups excluding carboxylic acids is 1. The van der Waals surface area contributed by atoms with Crippen molar-refractivity contribution in [1.29, 1.82) is 0 Å². The van der Waals surface area contributed by atoms with Gasteiger partial charge in [-0.15, -0.1) is 0 Å². The summed E-state index contributed by atoms with van der Waals surface area (Å²) in [5.74, 6) is -0.239. The molecule has 1 fully saturated rings. The lowest BCUT2D eigenvalue weighted by Crippen LogP contribution is -2.36. The summed E-state index contributed by atoms with van der Waals surface area (Å²) in [7, 11) is 0. The molecule has 6 nitrogen and oxygen atoms in total. The van der Waals surface area contributed by atoms with E-state index in [1.807, 2.05) is 0 Å². The molecule has 76 valence electrons. The van der Waals surface area contributed by atoms with Gasteiger partial charge in [-0.2, -0.15) is 0 Å². The van der Waals surface area contributed by atoms with Crippen molar-refractivity contribution in [2.24, 2.45) is 0 Å². The number of hydrogen-bond donors (Lipinski definition) is 4. The van der Waals surface area contributed by atoms with E-state index in [1.54, 1.807) is 0 Å². The second-order valence-electron chi connectivity index (χ2n) is 3.32. The van der Waals surface area contributed by atoms with Crippen LogP contribution >= 0.6 is 0 Å². The third-order valence-corrected chi connectivity index (χ3v) is 2.24. The van der Waals surface area contributed by atoms with Crippen molar-refractivity contribution in [2.75, 3.05) is 13.1 Å². The molecule has 0 radical (unpaired) electrons. The summed E-state index contributed by atoms with van der Waals surface area (Å²) in [5, 5.41) is 5.96. The third kappa shape index (κ3) is 1.85. The molecule has 4 N–H and O–H groups in total. The Labute approximate surface area is 80.1 Å². The Morgan fingerprint density at radius 3 is 3.00 bits per heavy atom. The van der Waals surface area contributed by atoms with Gasteiger partial charge >= 0.3 is 5.69 Å². The number of imidazole rings is 1. The van der Waals surface area contributed by atoms with Gasteiger partial charge in [0.1, 0.15) is 5.69 Å². The third-order valence-electron chi connectivity index (χ3n) is 2.24. The molecule has 1 aromatic heterocycles. The van der Waals surface area contributed by atoms with Crippen LogP contribution in [-0.4, -0.2) is 35.0 Å². The Kier molecular flexibility index (Phi) is 2.36. The van der Waals surface area contributed by atoms with Crippen molar-refractivity contribution in [3.05, 3.63) is 22.4 Å². The van der Waals surface area contributed by atoms with Crippen molar-refractivity contribution in [2.45, 2.75) is 12.5 Å². The van der Waals surface area contributed by atoms with Gasteiger partial charge in [0.25, 0.3) is 5.91 Å². The molecular formula is C8H12N4O2. The molecule has 0 bridgehead atoms. The van der Waals surface area contributed by atoms with Gasteiger partial charge in [-0.05, 0) is 13.0 Å². The molecule has 14 heavy (non-hydrogen) atoms. The average Bonchev–Trinajstić information content (AvgIpc) is 2.75. The molecule has 1 saturated heterocycles. The summed E-state index contributed by atoms with van der Waals surface area (Å²) in [5.41, 5.74) is -0.0819. The van der Waals surface area contributed by atoms with E-state index in [0.717, 1.165) is 19.5 Å². The number of hydrogen-bond acceptors (Lipinski definition) is 3. The maximum absolute atomic E-state index is 11.5. The van der Waals surface area contributed by atoms with Gasteiger partial charge in [0.2, 0.25) is 0 Å². The number of aromatic nitrogens is 2. The maximum Gasteiger partial charge on any atom is 0.323 e.